The number of hydrogen-bond acceptors (Lipinski definition) is 7. The normalized spacial score (nSPS) is 12.9. The summed E-state index contributed by atoms with van der Waals surface area (Å²) in [7, 11) is 1.56. The van der Waals surface area contributed by atoms with E-state index < -0.39 is 0 Å². The number of fused-ring (bicyclic) bond motifs is 1. The van der Waals surface area contributed by atoms with Gasteiger partial charge in [-0.1, -0.05) is 23.5 Å². The van der Waals surface area contributed by atoms with Crippen LogP contribution in [0.3, 0.4) is 0 Å². The number of benzene rings is 1. The van der Waals surface area contributed by atoms with Gasteiger partial charge in [0.15, 0.2) is 29.0 Å². The van der Waals surface area contributed by atoms with Crippen LogP contribution in [0, 0.1) is 0 Å². The van der Waals surface area contributed by atoms with Gasteiger partial charge >= 0.3 is 0 Å². The Morgan fingerprint density at radius 1 is 1.24 bits per heavy atom. The fourth-order valence-corrected chi connectivity index (χ4v) is 4.02. The molecule has 4 rings (SSSR count). The first-order valence-corrected chi connectivity index (χ1v) is 9.82. The summed E-state index contributed by atoms with van der Waals surface area (Å²) in [4.78, 5) is 31.8. The van der Waals surface area contributed by atoms with Gasteiger partial charge in [0.25, 0.3) is 11.8 Å². The minimum atomic E-state index is -0.348. The van der Waals surface area contributed by atoms with Crippen molar-refractivity contribution < 1.29 is 23.5 Å². The summed E-state index contributed by atoms with van der Waals surface area (Å²) in [6.45, 7) is 0.921. The van der Waals surface area contributed by atoms with Crippen molar-refractivity contribution in [1.82, 2.24) is 9.88 Å². The predicted molar refractivity (Wildman–Crippen MR) is 106 cm³/mol. The maximum Gasteiger partial charge on any atom is 0.293 e. The molecule has 0 radical (unpaired) electrons. The number of anilines is 1. The van der Waals surface area contributed by atoms with Gasteiger partial charge in [-0.25, -0.2) is 4.98 Å². The Morgan fingerprint density at radius 3 is 2.83 bits per heavy atom. The Labute approximate surface area is 171 Å². The van der Waals surface area contributed by atoms with E-state index in [1.165, 1.54) is 17.6 Å². The lowest BCUT2D eigenvalue weighted by molar-refractivity contribution is -0.134. The minimum absolute atomic E-state index is 0.0728. The Bertz CT molecular complexity index is 1020. The Morgan fingerprint density at radius 2 is 2.07 bits per heavy atom. The van der Waals surface area contributed by atoms with Crippen LogP contribution in [-0.2, 0) is 17.8 Å². The molecule has 0 fully saturated rings. The number of aromatic nitrogens is 1. The standard InChI is InChI=1S/C20H19N3O5S/c1-26-14-5-2-3-6-15(14)28-12-18(24)23-9-8-13-17(11-23)29-20(21-13)22-19(25)16-7-4-10-27-16/h2-7,10H,8-9,11-12H2,1H3,(H,21,22,25). The van der Waals surface area contributed by atoms with Gasteiger partial charge in [0.05, 0.1) is 25.6 Å². The van der Waals surface area contributed by atoms with Crippen molar-refractivity contribution in [2.75, 3.05) is 25.6 Å². The van der Waals surface area contributed by atoms with Crippen LogP contribution in [-0.4, -0.2) is 42.0 Å². The molecule has 1 aliphatic rings. The second kappa shape index (κ2) is 8.36. The predicted octanol–water partition coefficient (Wildman–Crippen LogP) is 2.96. The van der Waals surface area contributed by atoms with Crippen LogP contribution in [0.15, 0.2) is 47.1 Å². The smallest absolute Gasteiger partial charge is 0.293 e. The van der Waals surface area contributed by atoms with E-state index in [1.54, 1.807) is 36.3 Å². The first-order valence-electron chi connectivity index (χ1n) is 9.01. The number of thiazole rings is 1. The zero-order chi connectivity index (χ0) is 20.2. The number of para-hydroxylation sites is 2. The highest BCUT2D eigenvalue weighted by atomic mass is 32.1. The molecule has 2 aromatic heterocycles. The third-order valence-electron chi connectivity index (χ3n) is 4.47. The molecule has 1 aliphatic heterocycles. The molecule has 8 nitrogen and oxygen atoms in total. The van der Waals surface area contributed by atoms with Gasteiger partial charge in [-0.15, -0.1) is 0 Å². The molecule has 1 N–H and O–H groups in total. The van der Waals surface area contributed by atoms with E-state index in [1.807, 2.05) is 12.1 Å². The molecule has 0 saturated heterocycles. The fraction of sp³-hybridized carbons (Fsp3) is 0.250. The van der Waals surface area contributed by atoms with E-state index in [0.717, 1.165) is 10.6 Å². The quantitative estimate of drug-likeness (QED) is 0.668. The molecule has 0 bridgehead atoms. The number of rotatable bonds is 6. The maximum atomic E-state index is 12.6. The SMILES string of the molecule is COc1ccccc1OCC(=O)N1CCc2nc(NC(=O)c3ccco3)sc2C1. The molecule has 1 aromatic carbocycles. The monoisotopic (exact) mass is 413 g/mol. The summed E-state index contributed by atoms with van der Waals surface area (Å²) in [6, 6.07) is 10.4. The number of hydrogen-bond donors (Lipinski definition) is 1. The van der Waals surface area contributed by atoms with E-state index >= 15 is 0 Å². The first kappa shape index (κ1) is 19.0. The lowest BCUT2D eigenvalue weighted by Crippen LogP contribution is -2.38. The molecule has 9 heteroatoms. The third-order valence-corrected chi connectivity index (χ3v) is 5.47. The molecule has 29 heavy (non-hydrogen) atoms. The van der Waals surface area contributed by atoms with Crippen LogP contribution in [0.5, 0.6) is 11.5 Å². The van der Waals surface area contributed by atoms with Gasteiger partial charge in [-0.2, -0.15) is 0 Å². The van der Waals surface area contributed by atoms with Crippen LogP contribution in [0.1, 0.15) is 21.1 Å². The Kier molecular flexibility index (Phi) is 5.48. The van der Waals surface area contributed by atoms with Gasteiger partial charge in [0, 0.05) is 17.8 Å². The van der Waals surface area contributed by atoms with Gasteiger partial charge in [0.1, 0.15) is 0 Å². The topological polar surface area (TPSA) is 93.9 Å². The molecule has 0 atom stereocenters. The molecule has 2 amide bonds. The van der Waals surface area contributed by atoms with Gasteiger partial charge in [0.2, 0.25) is 0 Å². The minimum Gasteiger partial charge on any atom is -0.493 e. The largest absolute Gasteiger partial charge is 0.493 e. The van der Waals surface area contributed by atoms with E-state index in [-0.39, 0.29) is 24.2 Å². The van der Waals surface area contributed by atoms with E-state index in [2.05, 4.69) is 10.3 Å². The summed E-state index contributed by atoms with van der Waals surface area (Å²) in [5, 5.41) is 3.23. The van der Waals surface area contributed by atoms with E-state index in [4.69, 9.17) is 13.9 Å². The summed E-state index contributed by atoms with van der Waals surface area (Å²) >= 11 is 1.36. The highest BCUT2D eigenvalue weighted by Crippen LogP contribution is 2.29. The van der Waals surface area contributed by atoms with Crippen LogP contribution < -0.4 is 14.8 Å². The average Bonchev–Trinajstić information content (AvgIpc) is 3.41. The Balaban J connectivity index is 1.36. The van der Waals surface area contributed by atoms with Crippen LogP contribution >= 0.6 is 11.3 Å². The number of amides is 2. The number of ether oxygens (including phenoxy) is 2. The summed E-state index contributed by atoms with van der Waals surface area (Å²) in [5.74, 6) is 0.876. The molecular formula is C20H19N3O5S. The zero-order valence-electron chi connectivity index (χ0n) is 15.7. The van der Waals surface area contributed by atoms with Crippen molar-refractivity contribution >= 4 is 28.3 Å². The van der Waals surface area contributed by atoms with Crippen molar-refractivity contribution in [2.24, 2.45) is 0 Å². The number of carbonyl (C=O) groups is 2. The second-order valence-electron chi connectivity index (χ2n) is 6.33. The second-order valence-corrected chi connectivity index (χ2v) is 7.41. The molecule has 0 saturated carbocycles. The average molecular weight is 413 g/mol. The van der Waals surface area contributed by atoms with E-state index in [9.17, 15) is 9.59 Å². The van der Waals surface area contributed by atoms with Crippen molar-refractivity contribution in [2.45, 2.75) is 13.0 Å². The van der Waals surface area contributed by atoms with E-state index in [0.29, 0.717) is 36.1 Å². The molecule has 150 valence electrons. The zero-order valence-corrected chi connectivity index (χ0v) is 16.5. The van der Waals surface area contributed by atoms with Crippen LogP contribution in [0.25, 0.3) is 0 Å². The van der Waals surface area contributed by atoms with Crippen molar-refractivity contribution in [1.29, 1.82) is 0 Å². The van der Waals surface area contributed by atoms with Gasteiger partial charge in [-0.3, -0.25) is 14.9 Å². The highest BCUT2D eigenvalue weighted by Gasteiger charge is 2.25. The van der Waals surface area contributed by atoms with Crippen molar-refractivity contribution in [3.05, 3.63) is 59.0 Å². The third kappa shape index (κ3) is 4.24. The lowest BCUT2D eigenvalue weighted by atomic mass is 10.2. The maximum absolute atomic E-state index is 12.6. The number of nitrogens with one attached hydrogen (secondary N) is 1. The highest BCUT2D eigenvalue weighted by molar-refractivity contribution is 7.15. The number of nitrogens with zero attached hydrogens (tertiary/aromatic N) is 2. The van der Waals surface area contributed by atoms with Crippen molar-refractivity contribution in [3.63, 3.8) is 0 Å². The van der Waals surface area contributed by atoms with Crippen LogP contribution in [0.4, 0.5) is 5.13 Å². The summed E-state index contributed by atoms with van der Waals surface area (Å²) in [5.41, 5.74) is 0.902. The molecule has 0 spiro atoms. The molecular weight excluding hydrogens is 394 g/mol. The molecule has 0 unspecified atom stereocenters. The molecule has 3 aromatic rings. The van der Waals surface area contributed by atoms with Gasteiger partial charge < -0.3 is 18.8 Å². The number of furan rings is 1. The first-order chi connectivity index (χ1) is 14.1. The fourth-order valence-electron chi connectivity index (χ4n) is 3.00. The number of carbonyl (C=O) groups excluding carboxylic acids is 2. The van der Waals surface area contributed by atoms with Gasteiger partial charge in [-0.05, 0) is 24.3 Å². The van der Waals surface area contributed by atoms with Crippen molar-refractivity contribution in [3.8, 4) is 11.5 Å². The van der Waals surface area contributed by atoms with Crippen LogP contribution in [0.2, 0.25) is 0 Å². The summed E-state index contributed by atoms with van der Waals surface area (Å²) in [6.07, 6.45) is 2.07. The Hall–Kier alpha value is -3.33. The number of methoxy groups -OCH3 is 1. The lowest BCUT2D eigenvalue weighted by Gasteiger charge is -2.26. The molecule has 3 heterocycles. The summed E-state index contributed by atoms with van der Waals surface area (Å²) < 4.78 is 16.0. The molecule has 0 aliphatic carbocycles.